The minimum absolute atomic E-state index is 0.0417. The minimum Gasteiger partial charge on any atom is -0.508 e. The highest BCUT2D eigenvalue weighted by molar-refractivity contribution is 6.31. The molecule has 0 saturated carbocycles. The van der Waals surface area contributed by atoms with Gasteiger partial charge in [-0.3, -0.25) is 14.3 Å². The Kier molecular flexibility index (Phi) is 6.86. The molecule has 0 atom stereocenters. The van der Waals surface area contributed by atoms with Crippen LogP contribution in [0.3, 0.4) is 0 Å². The van der Waals surface area contributed by atoms with Crippen LogP contribution >= 0.6 is 11.6 Å². The van der Waals surface area contributed by atoms with Gasteiger partial charge in [0.05, 0.1) is 18.3 Å². The molecular weight excluding hydrogens is 392 g/mol. The van der Waals surface area contributed by atoms with E-state index in [0.717, 1.165) is 5.56 Å². The van der Waals surface area contributed by atoms with Gasteiger partial charge in [-0.25, -0.2) is 0 Å². The lowest BCUT2D eigenvalue weighted by Gasteiger charge is -2.06. The van der Waals surface area contributed by atoms with Crippen LogP contribution in [-0.4, -0.2) is 39.8 Å². The largest absolute Gasteiger partial charge is 0.508 e. The van der Waals surface area contributed by atoms with Crippen molar-refractivity contribution in [2.45, 2.75) is 13.0 Å². The summed E-state index contributed by atoms with van der Waals surface area (Å²) in [6, 6.07) is 13.6. The van der Waals surface area contributed by atoms with Gasteiger partial charge in [0, 0.05) is 29.9 Å². The predicted molar refractivity (Wildman–Crippen MR) is 110 cm³/mol. The fraction of sp³-hybridized carbons (Fsp3) is 0.190. The molecule has 0 bridgehead atoms. The van der Waals surface area contributed by atoms with Gasteiger partial charge in [-0.05, 0) is 36.2 Å². The molecule has 2 aromatic carbocycles. The maximum absolute atomic E-state index is 12.2. The van der Waals surface area contributed by atoms with Crippen molar-refractivity contribution in [2.24, 2.45) is 0 Å². The summed E-state index contributed by atoms with van der Waals surface area (Å²) in [6.45, 7) is 1.30. The van der Waals surface area contributed by atoms with Crippen LogP contribution in [0.1, 0.15) is 32.7 Å². The number of hydrogen-bond acceptors (Lipinski definition) is 4. The molecule has 3 N–H and O–H groups in total. The number of aromatic nitrogens is 2. The molecule has 0 radical (unpaired) electrons. The van der Waals surface area contributed by atoms with Gasteiger partial charge in [0.25, 0.3) is 11.8 Å². The number of carbonyl (C=O) groups is 2. The molecule has 3 rings (SSSR count). The van der Waals surface area contributed by atoms with Crippen molar-refractivity contribution in [2.75, 3.05) is 13.1 Å². The van der Waals surface area contributed by atoms with Crippen molar-refractivity contribution < 1.29 is 14.7 Å². The number of phenolic OH excluding ortho intramolecular Hbond substituents is 1. The van der Waals surface area contributed by atoms with Crippen molar-refractivity contribution in [3.8, 4) is 5.75 Å². The third kappa shape index (κ3) is 5.83. The lowest BCUT2D eigenvalue weighted by molar-refractivity contribution is 0.0951. The van der Waals surface area contributed by atoms with E-state index in [1.54, 1.807) is 23.0 Å². The van der Waals surface area contributed by atoms with Crippen LogP contribution in [-0.2, 0) is 6.54 Å². The third-order valence-corrected chi connectivity index (χ3v) is 4.59. The first-order chi connectivity index (χ1) is 14.0. The Hall–Kier alpha value is -3.32. The summed E-state index contributed by atoms with van der Waals surface area (Å²) in [7, 11) is 0. The van der Waals surface area contributed by atoms with Gasteiger partial charge in [0.2, 0.25) is 0 Å². The number of phenols is 1. The zero-order valence-corrected chi connectivity index (χ0v) is 16.4. The van der Waals surface area contributed by atoms with Gasteiger partial charge < -0.3 is 15.7 Å². The minimum atomic E-state index is -0.270. The van der Waals surface area contributed by atoms with Crippen LogP contribution in [0.4, 0.5) is 0 Å². The molecule has 0 saturated heterocycles. The van der Waals surface area contributed by atoms with Crippen LogP contribution in [0.2, 0.25) is 5.02 Å². The Balaban J connectivity index is 1.40. The van der Waals surface area contributed by atoms with Gasteiger partial charge in [-0.2, -0.15) is 5.10 Å². The number of benzene rings is 2. The lowest BCUT2D eigenvalue weighted by atomic mass is 10.2. The summed E-state index contributed by atoms with van der Waals surface area (Å²) in [6.07, 6.45) is 3.75. The number of rotatable bonds is 8. The van der Waals surface area contributed by atoms with Crippen LogP contribution in [0.5, 0.6) is 5.75 Å². The molecule has 7 nitrogen and oxygen atoms in total. The van der Waals surface area contributed by atoms with Crippen LogP contribution in [0.15, 0.2) is 60.9 Å². The van der Waals surface area contributed by atoms with E-state index >= 15 is 0 Å². The highest BCUT2D eigenvalue weighted by Gasteiger charge is 2.10. The average Bonchev–Trinajstić information content (AvgIpc) is 3.18. The summed E-state index contributed by atoms with van der Waals surface area (Å²) in [4.78, 5) is 24.2. The molecule has 0 aliphatic rings. The Morgan fingerprint density at radius 1 is 1.00 bits per heavy atom. The molecule has 0 fully saturated rings. The van der Waals surface area contributed by atoms with Crippen LogP contribution in [0, 0.1) is 0 Å². The average molecular weight is 413 g/mol. The lowest BCUT2D eigenvalue weighted by Crippen LogP contribution is -2.29. The molecule has 8 heteroatoms. The van der Waals surface area contributed by atoms with Gasteiger partial charge in [0.1, 0.15) is 5.75 Å². The SMILES string of the molecule is O=C(NCCCNC(=O)c1cnn(Cc2ccccc2Cl)c1)c1cccc(O)c1. The highest BCUT2D eigenvalue weighted by atomic mass is 35.5. The topological polar surface area (TPSA) is 96.3 Å². The molecule has 0 aliphatic heterocycles. The van der Waals surface area contributed by atoms with E-state index < -0.39 is 0 Å². The first-order valence-electron chi connectivity index (χ1n) is 9.14. The van der Waals surface area contributed by atoms with Crippen molar-refractivity contribution in [3.63, 3.8) is 0 Å². The molecule has 29 heavy (non-hydrogen) atoms. The highest BCUT2D eigenvalue weighted by Crippen LogP contribution is 2.16. The smallest absolute Gasteiger partial charge is 0.254 e. The molecule has 0 spiro atoms. The number of amides is 2. The first kappa shape index (κ1) is 20.4. The standard InChI is InChI=1S/C21H21ClN4O3/c22-19-8-2-1-5-16(19)13-26-14-17(12-25-26)21(29)24-10-4-9-23-20(28)15-6-3-7-18(27)11-15/h1-3,5-8,11-12,14,27H,4,9-10,13H2,(H,23,28)(H,24,29). The van der Waals surface area contributed by atoms with E-state index in [9.17, 15) is 14.7 Å². The van der Waals surface area contributed by atoms with E-state index in [1.165, 1.54) is 18.3 Å². The number of halogens is 1. The van der Waals surface area contributed by atoms with E-state index in [0.29, 0.717) is 42.2 Å². The maximum atomic E-state index is 12.2. The number of nitrogens with one attached hydrogen (secondary N) is 2. The third-order valence-electron chi connectivity index (χ3n) is 4.22. The van der Waals surface area contributed by atoms with Crippen LogP contribution < -0.4 is 10.6 Å². The van der Waals surface area contributed by atoms with Crippen molar-refractivity contribution in [3.05, 3.63) is 82.6 Å². The molecule has 0 aliphatic carbocycles. The number of hydrogen-bond donors (Lipinski definition) is 3. The van der Waals surface area contributed by atoms with Crippen molar-refractivity contribution >= 4 is 23.4 Å². The second kappa shape index (κ2) is 9.75. The molecule has 2 amide bonds. The first-order valence-corrected chi connectivity index (χ1v) is 9.52. The second-order valence-electron chi connectivity index (χ2n) is 6.43. The van der Waals surface area contributed by atoms with E-state index in [-0.39, 0.29) is 17.6 Å². The molecule has 1 heterocycles. The monoisotopic (exact) mass is 412 g/mol. The molecular formula is C21H21ClN4O3. The quantitative estimate of drug-likeness (QED) is 0.496. The zero-order valence-electron chi connectivity index (χ0n) is 15.6. The van der Waals surface area contributed by atoms with E-state index in [2.05, 4.69) is 15.7 Å². The summed E-state index contributed by atoms with van der Waals surface area (Å²) in [5, 5.41) is 19.8. The van der Waals surface area contributed by atoms with Crippen LogP contribution in [0.25, 0.3) is 0 Å². The zero-order chi connectivity index (χ0) is 20.6. The van der Waals surface area contributed by atoms with Gasteiger partial charge in [0.15, 0.2) is 0 Å². The maximum Gasteiger partial charge on any atom is 0.254 e. The Morgan fingerprint density at radius 2 is 1.72 bits per heavy atom. The number of nitrogens with zero attached hydrogens (tertiary/aromatic N) is 2. The summed E-state index contributed by atoms with van der Waals surface area (Å²) in [5.41, 5.74) is 1.77. The molecule has 1 aromatic heterocycles. The van der Waals surface area contributed by atoms with Gasteiger partial charge in [-0.1, -0.05) is 35.9 Å². The second-order valence-corrected chi connectivity index (χ2v) is 6.84. The molecule has 3 aromatic rings. The molecule has 0 unspecified atom stereocenters. The van der Waals surface area contributed by atoms with Crippen molar-refractivity contribution in [1.29, 1.82) is 0 Å². The normalized spacial score (nSPS) is 10.5. The molecule has 150 valence electrons. The van der Waals surface area contributed by atoms with E-state index in [1.807, 2.05) is 24.3 Å². The number of carbonyl (C=O) groups excluding carboxylic acids is 2. The Morgan fingerprint density at radius 3 is 2.45 bits per heavy atom. The van der Waals surface area contributed by atoms with Gasteiger partial charge >= 0.3 is 0 Å². The van der Waals surface area contributed by atoms with Gasteiger partial charge in [-0.15, -0.1) is 0 Å². The fourth-order valence-electron chi connectivity index (χ4n) is 2.71. The summed E-state index contributed by atoms with van der Waals surface area (Å²) < 4.78 is 1.66. The number of aromatic hydroxyl groups is 1. The summed E-state index contributed by atoms with van der Waals surface area (Å²) >= 11 is 6.15. The predicted octanol–water partition coefficient (Wildman–Crippen LogP) is 2.84. The van der Waals surface area contributed by atoms with Crippen molar-refractivity contribution in [1.82, 2.24) is 20.4 Å². The Labute approximate surface area is 173 Å². The Bertz CT molecular complexity index is 1000. The summed E-state index contributed by atoms with van der Waals surface area (Å²) in [5.74, 6) is -0.456. The fourth-order valence-corrected chi connectivity index (χ4v) is 2.91. The van der Waals surface area contributed by atoms with E-state index in [4.69, 9.17) is 11.6 Å².